The van der Waals surface area contributed by atoms with Crippen LogP contribution in [0.2, 0.25) is 5.02 Å². The standard InChI is InChI=1S/C26H19ClN4/c27-24-18-16-20(17-19-24)25-28-30-31(29-25)26(21-10-4-1-5-11-21,22-12-6-2-7-13-22)23-14-8-3-9-15-23/h1-19H. The average Bonchev–Trinajstić information content (AvgIpc) is 3.33. The Hall–Kier alpha value is -3.76. The summed E-state index contributed by atoms with van der Waals surface area (Å²) in [7, 11) is 0. The number of tetrazole rings is 1. The van der Waals surface area contributed by atoms with Crippen molar-refractivity contribution in [3.8, 4) is 11.4 Å². The third kappa shape index (κ3) is 3.41. The molecule has 0 spiro atoms. The van der Waals surface area contributed by atoms with Crippen LogP contribution in [-0.4, -0.2) is 20.2 Å². The third-order valence-corrected chi connectivity index (χ3v) is 5.64. The van der Waals surface area contributed by atoms with Crippen LogP contribution in [-0.2, 0) is 5.54 Å². The van der Waals surface area contributed by atoms with E-state index in [1.54, 1.807) is 4.80 Å². The molecule has 5 aromatic rings. The SMILES string of the molecule is Clc1ccc(-c2nnn(C(c3ccccc3)(c3ccccc3)c3ccccc3)n2)cc1. The summed E-state index contributed by atoms with van der Waals surface area (Å²) >= 11 is 6.06. The fraction of sp³-hybridized carbons (Fsp3) is 0.0385. The summed E-state index contributed by atoms with van der Waals surface area (Å²) in [5, 5.41) is 14.5. The lowest BCUT2D eigenvalue weighted by Gasteiger charge is -2.34. The number of hydrogen-bond donors (Lipinski definition) is 0. The van der Waals surface area contributed by atoms with Crippen molar-refractivity contribution in [3.63, 3.8) is 0 Å². The first-order valence-corrected chi connectivity index (χ1v) is 10.4. The predicted octanol–water partition coefficient (Wildman–Crippen LogP) is 5.83. The molecule has 0 saturated heterocycles. The molecule has 0 amide bonds. The lowest BCUT2D eigenvalue weighted by atomic mass is 9.77. The van der Waals surface area contributed by atoms with Crippen molar-refractivity contribution in [2.45, 2.75) is 5.54 Å². The molecule has 0 bridgehead atoms. The van der Waals surface area contributed by atoms with Crippen LogP contribution < -0.4 is 0 Å². The van der Waals surface area contributed by atoms with Crippen LogP contribution in [0.25, 0.3) is 11.4 Å². The molecule has 5 rings (SSSR count). The van der Waals surface area contributed by atoms with E-state index in [1.807, 2.05) is 78.9 Å². The summed E-state index contributed by atoms with van der Waals surface area (Å²) in [5.74, 6) is 0.545. The smallest absolute Gasteiger partial charge is 0.144 e. The molecule has 0 N–H and O–H groups in total. The molecule has 0 aliphatic carbocycles. The minimum atomic E-state index is -0.776. The Bertz CT molecular complexity index is 1170. The Morgan fingerprint density at radius 1 is 0.581 bits per heavy atom. The molecule has 1 aromatic heterocycles. The van der Waals surface area contributed by atoms with Crippen LogP contribution in [0, 0.1) is 0 Å². The zero-order valence-electron chi connectivity index (χ0n) is 16.6. The summed E-state index contributed by atoms with van der Waals surface area (Å²) in [6.45, 7) is 0. The average molecular weight is 423 g/mol. The highest BCUT2D eigenvalue weighted by Crippen LogP contribution is 2.39. The first kappa shape index (κ1) is 19.2. The zero-order chi connectivity index (χ0) is 21.1. The van der Waals surface area contributed by atoms with Crippen molar-refractivity contribution < 1.29 is 0 Å². The van der Waals surface area contributed by atoms with Crippen molar-refractivity contribution in [1.29, 1.82) is 0 Å². The fourth-order valence-corrected chi connectivity index (χ4v) is 4.08. The van der Waals surface area contributed by atoms with E-state index < -0.39 is 5.54 Å². The summed E-state index contributed by atoms with van der Waals surface area (Å²) in [6.07, 6.45) is 0. The van der Waals surface area contributed by atoms with Crippen LogP contribution in [0.15, 0.2) is 115 Å². The molecule has 0 fully saturated rings. The molecule has 4 aromatic carbocycles. The van der Waals surface area contributed by atoms with E-state index in [0.29, 0.717) is 10.8 Å². The van der Waals surface area contributed by atoms with Gasteiger partial charge in [-0.2, -0.15) is 0 Å². The van der Waals surface area contributed by atoms with Crippen molar-refractivity contribution in [2.24, 2.45) is 0 Å². The normalized spacial score (nSPS) is 11.4. The number of benzene rings is 4. The van der Waals surface area contributed by atoms with Gasteiger partial charge in [-0.3, -0.25) is 0 Å². The molecular weight excluding hydrogens is 404 g/mol. The van der Waals surface area contributed by atoms with Gasteiger partial charge in [0.15, 0.2) is 5.54 Å². The minimum Gasteiger partial charge on any atom is -0.144 e. The van der Waals surface area contributed by atoms with Gasteiger partial charge in [0.25, 0.3) is 0 Å². The summed E-state index contributed by atoms with van der Waals surface area (Å²) in [6, 6.07) is 38.3. The molecule has 5 heteroatoms. The molecule has 150 valence electrons. The molecule has 31 heavy (non-hydrogen) atoms. The van der Waals surface area contributed by atoms with Gasteiger partial charge in [-0.25, -0.2) is 0 Å². The van der Waals surface area contributed by atoms with E-state index in [1.165, 1.54) is 0 Å². The van der Waals surface area contributed by atoms with Gasteiger partial charge in [0, 0.05) is 10.6 Å². The summed E-state index contributed by atoms with van der Waals surface area (Å²) < 4.78 is 0. The Balaban J connectivity index is 1.80. The number of nitrogens with zero attached hydrogens (tertiary/aromatic N) is 4. The molecule has 0 radical (unpaired) electrons. The summed E-state index contributed by atoms with van der Waals surface area (Å²) in [4.78, 5) is 1.72. The van der Waals surface area contributed by atoms with Crippen LogP contribution in [0.4, 0.5) is 0 Å². The maximum absolute atomic E-state index is 6.06. The Labute approximate surface area is 185 Å². The molecule has 0 aliphatic rings. The van der Waals surface area contributed by atoms with E-state index in [2.05, 4.69) is 46.7 Å². The first-order chi connectivity index (χ1) is 15.3. The van der Waals surface area contributed by atoms with Gasteiger partial charge in [-0.1, -0.05) is 103 Å². The van der Waals surface area contributed by atoms with E-state index >= 15 is 0 Å². The Kier molecular flexibility index (Phi) is 5.06. The predicted molar refractivity (Wildman–Crippen MR) is 123 cm³/mol. The number of aromatic nitrogens is 4. The molecule has 0 saturated carbocycles. The van der Waals surface area contributed by atoms with Crippen molar-refractivity contribution in [1.82, 2.24) is 20.2 Å². The van der Waals surface area contributed by atoms with Gasteiger partial charge in [-0.15, -0.1) is 15.0 Å². The highest BCUT2D eigenvalue weighted by Gasteiger charge is 2.41. The molecular formula is C26H19ClN4. The molecule has 0 atom stereocenters. The summed E-state index contributed by atoms with van der Waals surface area (Å²) in [5.41, 5.74) is 3.23. The van der Waals surface area contributed by atoms with Gasteiger partial charge in [0.1, 0.15) is 0 Å². The highest BCUT2D eigenvalue weighted by molar-refractivity contribution is 6.30. The second-order valence-corrected chi connectivity index (χ2v) is 7.65. The van der Waals surface area contributed by atoms with Crippen molar-refractivity contribution >= 4 is 11.6 Å². The van der Waals surface area contributed by atoms with Crippen molar-refractivity contribution in [3.05, 3.63) is 137 Å². The zero-order valence-corrected chi connectivity index (χ0v) is 17.4. The van der Waals surface area contributed by atoms with Gasteiger partial charge in [0.2, 0.25) is 5.82 Å². The third-order valence-electron chi connectivity index (χ3n) is 5.39. The molecule has 4 nitrogen and oxygen atoms in total. The first-order valence-electron chi connectivity index (χ1n) is 10.0. The quantitative estimate of drug-likeness (QED) is 0.334. The largest absolute Gasteiger partial charge is 0.204 e. The highest BCUT2D eigenvalue weighted by atomic mass is 35.5. The van der Waals surface area contributed by atoms with Crippen LogP contribution >= 0.6 is 11.6 Å². The van der Waals surface area contributed by atoms with Crippen LogP contribution in [0.1, 0.15) is 16.7 Å². The van der Waals surface area contributed by atoms with E-state index in [4.69, 9.17) is 16.7 Å². The maximum atomic E-state index is 6.06. The lowest BCUT2D eigenvalue weighted by Crippen LogP contribution is -2.39. The second-order valence-electron chi connectivity index (χ2n) is 7.22. The monoisotopic (exact) mass is 422 g/mol. The topological polar surface area (TPSA) is 43.6 Å². The lowest BCUT2D eigenvalue weighted by molar-refractivity contribution is 0.396. The van der Waals surface area contributed by atoms with Crippen LogP contribution in [0.5, 0.6) is 0 Å². The van der Waals surface area contributed by atoms with Gasteiger partial charge < -0.3 is 0 Å². The van der Waals surface area contributed by atoms with Crippen LogP contribution in [0.3, 0.4) is 0 Å². The Morgan fingerprint density at radius 2 is 1.03 bits per heavy atom. The van der Waals surface area contributed by atoms with E-state index in [0.717, 1.165) is 22.3 Å². The minimum absolute atomic E-state index is 0.545. The molecule has 1 heterocycles. The van der Waals surface area contributed by atoms with Gasteiger partial charge >= 0.3 is 0 Å². The maximum Gasteiger partial charge on any atom is 0.204 e. The fourth-order valence-electron chi connectivity index (χ4n) is 3.96. The van der Waals surface area contributed by atoms with Crippen molar-refractivity contribution in [2.75, 3.05) is 0 Å². The number of halogens is 1. The second kappa shape index (κ2) is 8.17. The van der Waals surface area contributed by atoms with Gasteiger partial charge in [0.05, 0.1) is 0 Å². The molecule has 0 unspecified atom stereocenters. The van der Waals surface area contributed by atoms with E-state index in [9.17, 15) is 0 Å². The number of hydrogen-bond acceptors (Lipinski definition) is 3. The number of rotatable bonds is 5. The van der Waals surface area contributed by atoms with Gasteiger partial charge in [-0.05, 0) is 46.2 Å². The van der Waals surface area contributed by atoms with E-state index in [-0.39, 0.29) is 0 Å². The molecule has 0 aliphatic heterocycles. The Morgan fingerprint density at radius 3 is 1.48 bits per heavy atom.